The number of piperazine rings is 1. The van der Waals surface area contributed by atoms with E-state index < -0.39 is 0 Å². The SMILES string of the molecule is COc1cccc(C(=O)N2CCN(c3ccccc3C)C(=O)C2)c1OC. The molecule has 0 bridgehead atoms. The summed E-state index contributed by atoms with van der Waals surface area (Å²) in [4.78, 5) is 28.9. The van der Waals surface area contributed by atoms with Gasteiger partial charge in [-0.05, 0) is 30.7 Å². The fourth-order valence-electron chi connectivity index (χ4n) is 3.19. The smallest absolute Gasteiger partial charge is 0.258 e. The third kappa shape index (κ3) is 3.22. The highest BCUT2D eigenvalue weighted by molar-refractivity contribution is 6.03. The van der Waals surface area contributed by atoms with E-state index in [0.717, 1.165) is 11.3 Å². The number of aryl methyl sites for hydroxylation is 1. The van der Waals surface area contributed by atoms with E-state index in [-0.39, 0.29) is 18.4 Å². The lowest BCUT2D eigenvalue weighted by Gasteiger charge is -2.35. The van der Waals surface area contributed by atoms with E-state index in [4.69, 9.17) is 9.47 Å². The van der Waals surface area contributed by atoms with Crippen LogP contribution >= 0.6 is 0 Å². The van der Waals surface area contributed by atoms with Crippen LogP contribution in [0.3, 0.4) is 0 Å². The molecule has 1 aliphatic rings. The van der Waals surface area contributed by atoms with Gasteiger partial charge >= 0.3 is 0 Å². The number of nitrogens with zero attached hydrogens (tertiary/aromatic N) is 2. The van der Waals surface area contributed by atoms with Crippen molar-refractivity contribution in [2.45, 2.75) is 6.92 Å². The van der Waals surface area contributed by atoms with Crippen LogP contribution in [0, 0.1) is 6.92 Å². The van der Waals surface area contributed by atoms with Crippen LogP contribution in [-0.4, -0.2) is 50.6 Å². The van der Waals surface area contributed by atoms with Crippen LogP contribution in [0.4, 0.5) is 5.69 Å². The molecule has 0 radical (unpaired) electrons. The van der Waals surface area contributed by atoms with Gasteiger partial charge in [0.15, 0.2) is 11.5 Å². The highest BCUT2D eigenvalue weighted by Crippen LogP contribution is 2.32. The minimum Gasteiger partial charge on any atom is -0.493 e. The molecule has 0 unspecified atom stereocenters. The molecule has 136 valence electrons. The molecule has 1 saturated heterocycles. The first kappa shape index (κ1) is 17.8. The molecule has 1 fully saturated rings. The van der Waals surface area contributed by atoms with Gasteiger partial charge in [0.25, 0.3) is 5.91 Å². The van der Waals surface area contributed by atoms with Crippen molar-refractivity contribution in [2.24, 2.45) is 0 Å². The topological polar surface area (TPSA) is 59.1 Å². The summed E-state index contributed by atoms with van der Waals surface area (Å²) in [5, 5.41) is 0. The van der Waals surface area contributed by atoms with Crippen molar-refractivity contribution in [1.29, 1.82) is 0 Å². The Kier molecular flexibility index (Phi) is 5.11. The first-order valence-corrected chi connectivity index (χ1v) is 8.43. The Hall–Kier alpha value is -3.02. The van der Waals surface area contributed by atoms with Crippen LogP contribution in [0.25, 0.3) is 0 Å². The number of amides is 2. The van der Waals surface area contributed by atoms with Gasteiger partial charge in [-0.3, -0.25) is 9.59 Å². The van der Waals surface area contributed by atoms with E-state index in [0.29, 0.717) is 30.2 Å². The second kappa shape index (κ2) is 7.47. The molecule has 0 aromatic heterocycles. The maximum atomic E-state index is 12.9. The Bertz CT molecular complexity index is 834. The highest BCUT2D eigenvalue weighted by Gasteiger charge is 2.30. The zero-order valence-corrected chi connectivity index (χ0v) is 15.2. The number of carbonyl (C=O) groups is 2. The molecule has 0 spiro atoms. The van der Waals surface area contributed by atoms with E-state index in [1.807, 2.05) is 31.2 Å². The van der Waals surface area contributed by atoms with Crippen molar-refractivity contribution in [3.63, 3.8) is 0 Å². The number of anilines is 1. The molecule has 0 N–H and O–H groups in total. The molecule has 6 heteroatoms. The maximum Gasteiger partial charge on any atom is 0.258 e. The van der Waals surface area contributed by atoms with Crippen molar-refractivity contribution in [1.82, 2.24) is 4.90 Å². The average molecular weight is 354 g/mol. The Balaban J connectivity index is 1.80. The number of hydrogen-bond donors (Lipinski definition) is 0. The molecule has 1 heterocycles. The number of ether oxygens (including phenoxy) is 2. The second-order valence-electron chi connectivity index (χ2n) is 6.10. The molecule has 2 aromatic rings. The largest absolute Gasteiger partial charge is 0.493 e. The predicted octanol–water partition coefficient (Wildman–Crippen LogP) is 2.50. The molecule has 0 atom stereocenters. The molecular formula is C20H22N2O4. The van der Waals surface area contributed by atoms with Crippen molar-refractivity contribution in [3.05, 3.63) is 53.6 Å². The Labute approximate surface area is 152 Å². The number of benzene rings is 2. The van der Waals surface area contributed by atoms with Crippen molar-refractivity contribution >= 4 is 17.5 Å². The summed E-state index contributed by atoms with van der Waals surface area (Å²) in [6.45, 7) is 2.93. The minimum atomic E-state index is -0.237. The second-order valence-corrected chi connectivity index (χ2v) is 6.10. The summed E-state index contributed by atoms with van der Waals surface area (Å²) in [6.07, 6.45) is 0. The lowest BCUT2D eigenvalue weighted by Crippen LogP contribution is -2.52. The zero-order chi connectivity index (χ0) is 18.7. The van der Waals surface area contributed by atoms with E-state index in [2.05, 4.69) is 0 Å². The molecule has 1 aliphatic heterocycles. The summed E-state index contributed by atoms with van der Waals surface area (Å²) < 4.78 is 10.6. The van der Waals surface area contributed by atoms with Crippen LogP contribution in [0.5, 0.6) is 11.5 Å². The predicted molar refractivity (Wildman–Crippen MR) is 99.0 cm³/mol. The van der Waals surface area contributed by atoms with E-state index >= 15 is 0 Å². The molecule has 0 saturated carbocycles. The fraction of sp³-hybridized carbons (Fsp3) is 0.300. The summed E-state index contributed by atoms with van der Waals surface area (Å²) in [6, 6.07) is 12.9. The lowest BCUT2D eigenvalue weighted by atomic mass is 10.1. The first-order valence-electron chi connectivity index (χ1n) is 8.43. The van der Waals surface area contributed by atoms with Crippen LogP contribution in [0.15, 0.2) is 42.5 Å². The van der Waals surface area contributed by atoms with Gasteiger partial charge in [0.05, 0.1) is 19.8 Å². The lowest BCUT2D eigenvalue weighted by molar-refractivity contribution is -0.120. The summed E-state index contributed by atoms with van der Waals surface area (Å²) in [5.41, 5.74) is 2.32. The van der Waals surface area contributed by atoms with Gasteiger partial charge in [0.1, 0.15) is 6.54 Å². The normalized spacial score (nSPS) is 14.3. The summed E-state index contributed by atoms with van der Waals surface area (Å²) >= 11 is 0. The molecule has 26 heavy (non-hydrogen) atoms. The van der Waals surface area contributed by atoms with E-state index in [9.17, 15) is 9.59 Å². The molecule has 2 aromatic carbocycles. The Morgan fingerprint density at radius 3 is 2.42 bits per heavy atom. The van der Waals surface area contributed by atoms with Crippen LogP contribution < -0.4 is 14.4 Å². The fourth-order valence-corrected chi connectivity index (χ4v) is 3.19. The van der Waals surface area contributed by atoms with E-state index in [1.165, 1.54) is 14.2 Å². The third-order valence-electron chi connectivity index (χ3n) is 4.55. The van der Waals surface area contributed by atoms with Crippen molar-refractivity contribution in [3.8, 4) is 11.5 Å². The van der Waals surface area contributed by atoms with Gasteiger partial charge in [0.2, 0.25) is 5.91 Å². The average Bonchev–Trinajstić information content (AvgIpc) is 2.67. The standard InChI is InChI=1S/C20H22N2O4/c1-14-7-4-5-9-16(14)22-12-11-21(13-18(22)23)20(24)15-8-6-10-17(25-2)19(15)26-3/h4-10H,11-13H2,1-3H3. The summed E-state index contributed by atoms with van der Waals surface area (Å²) in [7, 11) is 3.02. The molecular weight excluding hydrogens is 332 g/mol. The summed E-state index contributed by atoms with van der Waals surface area (Å²) in [5.74, 6) is 0.538. The highest BCUT2D eigenvalue weighted by atomic mass is 16.5. The number of methoxy groups -OCH3 is 2. The van der Waals surface area contributed by atoms with Crippen LogP contribution in [-0.2, 0) is 4.79 Å². The Morgan fingerprint density at radius 2 is 1.77 bits per heavy atom. The molecule has 0 aliphatic carbocycles. The minimum absolute atomic E-state index is 0.0352. The van der Waals surface area contributed by atoms with Gasteiger partial charge in [-0.2, -0.15) is 0 Å². The van der Waals surface area contributed by atoms with Crippen molar-refractivity contribution < 1.29 is 19.1 Å². The zero-order valence-electron chi connectivity index (χ0n) is 15.2. The maximum absolute atomic E-state index is 12.9. The first-order chi connectivity index (χ1) is 12.6. The molecule has 6 nitrogen and oxygen atoms in total. The monoisotopic (exact) mass is 354 g/mol. The van der Waals surface area contributed by atoms with Gasteiger partial charge in [0, 0.05) is 18.8 Å². The van der Waals surface area contributed by atoms with E-state index in [1.54, 1.807) is 28.0 Å². The van der Waals surface area contributed by atoms with Gasteiger partial charge < -0.3 is 19.3 Å². The van der Waals surface area contributed by atoms with Gasteiger partial charge in [-0.25, -0.2) is 0 Å². The van der Waals surface area contributed by atoms with Gasteiger partial charge in [-0.1, -0.05) is 24.3 Å². The number of hydrogen-bond acceptors (Lipinski definition) is 4. The number of para-hydroxylation sites is 2. The van der Waals surface area contributed by atoms with Crippen LogP contribution in [0.2, 0.25) is 0 Å². The molecule has 2 amide bonds. The van der Waals surface area contributed by atoms with Crippen LogP contribution in [0.1, 0.15) is 15.9 Å². The quantitative estimate of drug-likeness (QED) is 0.846. The third-order valence-corrected chi connectivity index (χ3v) is 4.55. The Morgan fingerprint density at radius 1 is 1.00 bits per heavy atom. The number of carbonyl (C=O) groups excluding carboxylic acids is 2. The van der Waals surface area contributed by atoms with Gasteiger partial charge in [-0.15, -0.1) is 0 Å². The number of rotatable bonds is 4. The van der Waals surface area contributed by atoms with Crippen molar-refractivity contribution in [2.75, 3.05) is 38.8 Å². The molecule has 3 rings (SSSR count).